The van der Waals surface area contributed by atoms with E-state index in [0.29, 0.717) is 31.4 Å². The van der Waals surface area contributed by atoms with Gasteiger partial charge in [-0.25, -0.2) is 4.79 Å². The zero-order valence-corrected chi connectivity index (χ0v) is 26.4. The van der Waals surface area contributed by atoms with Gasteiger partial charge in [0, 0.05) is 19.4 Å². The van der Waals surface area contributed by atoms with Gasteiger partial charge in [0.2, 0.25) is 0 Å². The summed E-state index contributed by atoms with van der Waals surface area (Å²) in [7, 11) is 3.99. The van der Waals surface area contributed by atoms with Crippen molar-refractivity contribution in [2.45, 2.75) is 123 Å². The highest BCUT2D eigenvalue weighted by atomic mass is 16.5. The van der Waals surface area contributed by atoms with Crippen molar-refractivity contribution in [3.05, 3.63) is 35.4 Å². The van der Waals surface area contributed by atoms with Gasteiger partial charge in [-0.05, 0) is 57.5 Å². The van der Waals surface area contributed by atoms with Gasteiger partial charge in [-0.3, -0.25) is 9.59 Å². The summed E-state index contributed by atoms with van der Waals surface area (Å²) >= 11 is 0. The molecule has 0 aliphatic heterocycles. The van der Waals surface area contributed by atoms with Gasteiger partial charge in [0.05, 0.1) is 31.3 Å². The Morgan fingerprint density at radius 3 is 1.85 bits per heavy atom. The first-order chi connectivity index (χ1) is 19.9. The van der Waals surface area contributed by atoms with E-state index in [1.165, 1.54) is 51.4 Å². The second kappa shape index (κ2) is 24.2. The van der Waals surface area contributed by atoms with E-state index in [9.17, 15) is 14.4 Å². The third kappa shape index (κ3) is 19.4. The van der Waals surface area contributed by atoms with Crippen LogP contribution in [0.1, 0.15) is 133 Å². The molecule has 0 amide bonds. The van der Waals surface area contributed by atoms with Gasteiger partial charge in [-0.15, -0.1) is 0 Å². The van der Waals surface area contributed by atoms with Gasteiger partial charge in [-0.2, -0.15) is 0 Å². The molecular formula is C34H57NO6. The van der Waals surface area contributed by atoms with Crippen molar-refractivity contribution in [2.24, 2.45) is 5.92 Å². The summed E-state index contributed by atoms with van der Waals surface area (Å²) in [5, 5.41) is 0. The van der Waals surface area contributed by atoms with Crippen LogP contribution in [0.2, 0.25) is 0 Å². The number of hydrogen-bond acceptors (Lipinski definition) is 7. The molecule has 1 aromatic carbocycles. The number of carbonyl (C=O) groups is 3. The Balaban J connectivity index is 2.16. The third-order valence-corrected chi connectivity index (χ3v) is 7.14. The molecule has 1 unspecified atom stereocenters. The monoisotopic (exact) mass is 575 g/mol. The standard InChI is InChI=1S/C34H57NO6/c1-5-7-9-11-12-14-19-30(18-13-10-8-6-2)33(37)40-25-16-15-20-32(36)39-26-17-27-41-34(38)31-23-21-29(22-24-31)28-35(3)4/h21-24,30H,5-20,25-28H2,1-4H3. The summed E-state index contributed by atoms with van der Waals surface area (Å²) < 4.78 is 16.1. The lowest BCUT2D eigenvalue weighted by Gasteiger charge is -2.16. The molecule has 7 nitrogen and oxygen atoms in total. The van der Waals surface area contributed by atoms with E-state index in [1.54, 1.807) is 12.1 Å². The lowest BCUT2D eigenvalue weighted by Crippen LogP contribution is -2.19. The molecule has 1 rings (SSSR count). The minimum absolute atomic E-state index is 0.000430. The Morgan fingerprint density at radius 2 is 1.22 bits per heavy atom. The fraction of sp³-hybridized carbons (Fsp3) is 0.735. The van der Waals surface area contributed by atoms with Crippen molar-refractivity contribution in [3.8, 4) is 0 Å². The summed E-state index contributed by atoms with van der Waals surface area (Å²) in [6.45, 7) is 5.98. The largest absolute Gasteiger partial charge is 0.466 e. The molecular weight excluding hydrogens is 518 g/mol. The van der Waals surface area contributed by atoms with Crippen LogP contribution in [0.4, 0.5) is 0 Å². The van der Waals surface area contributed by atoms with Crippen LogP contribution < -0.4 is 0 Å². The molecule has 0 aliphatic rings. The first kappa shape index (κ1) is 36.6. The van der Waals surface area contributed by atoms with Crippen LogP contribution in [0.15, 0.2) is 24.3 Å². The number of hydrogen-bond donors (Lipinski definition) is 0. The molecule has 1 atom stereocenters. The van der Waals surface area contributed by atoms with Crippen molar-refractivity contribution in [3.63, 3.8) is 0 Å². The lowest BCUT2D eigenvalue weighted by molar-refractivity contribution is -0.149. The Bertz CT molecular complexity index is 823. The fourth-order valence-corrected chi connectivity index (χ4v) is 4.71. The van der Waals surface area contributed by atoms with E-state index in [2.05, 4.69) is 18.7 Å². The molecule has 7 heteroatoms. The molecule has 234 valence electrons. The number of benzene rings is 1. The average Bonchev–Trinajstić information content (AvgIpc) is 2.95. The quantitative estimate of drug-likeness (QED) is 0.0666. The van der Waals surface area contributed by atoms with Gasteiger partial charge in [0.25, 0.3) is 0 Å². The maximum absolute atomic E-state index is 12.7. The SMILES string of the molecule is CCCCCCCCC(CCCCCC)C(=O)OCCCCC(=O)OCCCOC(=O)c1ccc(CN(C)C)cc1. The minimum atomic E-state index is -0.377. The van der Waals surface area contributed by atoms with Crippen molar-refractivity contribution in [1.82, 2.24) is 4.90 Å². The van der Waals surface area contributed by atoms with Crippen molar-refractivity contribution in [2.75, 3.05) is 33.9 Å². The summed E-state index contributed by atoms with van der Waals surface area (Å²) in [6, 6.07) is 7.37. The molecule has 0 saturated carbocycles. The minimum Gasteiger partial charge on any atom is -0.466 e. The van der Waals surface area contributed by atoms with Crippen LogP contribution in [-0.2, 0) is 30.3 Å². The number of rotatable bonds is 25. The Morgan fingerprint density at radius 1 is 0.659 bits per heavy atom. The highest BCUT2D eigenvalue weighted by molar-refractivity contribution is 5.89. The predicted octanol–water partition coefficient (Wildman–Crippen LogP) is 7.89. The van der Waals surface area contributed by atoms with E-state index in [1.807, 2.05) is 26.2 Å². The molecule has 0 aliphatic carbocycles. The third-order valence-electron chi connectivity index (χ3n) is 7.14. The molecule has 0 aromatic heterocycles. The number of carbonyl (C=O) groups excluding carboxylic acids is 3. The van der Waals surface area contributed by atoms with Crippen molar-refractivity contribution < 1.29 is 28.6 Å². The van der Waals surface area contributed by atoms with E-state index < -0.39 is 0 Å². The van der Waals surface area contributed by atoms with Crippen molar-refractivity contribution >= 4 is 17.9 Å². The molecule has 0 N–H and O–H groups in total. The summed E-state index contributed by atoms with van der Waals surface area (Å²) in [5.41, 5.74) is 1.64. The first-order valence-corrected chi connectivity index (χ1v) is 16.1. The second-order valence-corrected chi connectivity index (χ2v) is 11.4. The molecule has 0 fully saturated rings. The smallest absolute Gasteiger partial charge is 0.338 e. The molecule has 0 heterocycles. The second-order valence-electron chi connectivity index (χ2n) is 11.4. The number of nitrogens with zero attached hydrogens (tertiary/aromatic N) is 1. The Labute approximate surface area is 249 Å². The van der Waals surface area contributed by atoms with Gasteiger partial charge in [0.15, 0.2) is 0 Å². The van der Waals surface area contributed by atoms with Crippen LogP contribution in [0.3, 0.4) is 0 Å². The normalized spacial score (nSPS) is 11.8. The topological polar surface area (TPSA) is 82.1 Å². The lowest BCUT2D eigenvalue weighted by atomic mass is 9.94. The predicted molar refractivity (Wildman–Crippen MR) is 165 cm³/mol. The maximum Gasteiger partial charge on any atom is 0.338 e. The zero-order valence-electron chi connectivity index (χ0n) is 26.4. The maximum atomic E-state index is 12.7. The van der Waals surface area contributed by atoms with Gasteiger partial charge in [-0.1, -0.05) is 90.2 Å². The van der Waals surface area contributed by atoms with Crippen molar-refractivity contribution in [1.29, 1.82) is 0 Å². The average molecular weight is 576 g/mol. The first-order valence-electron chi connectivity index (χ1n) is 16.1. The van der Waals surface area contributed by atoms with Crippen LogP contribution in [0, 0.1) is 5.92 Å². The van der Waals surface area contributed by atoms with Crippen LogP contribution in [0.25, 0.3) is 0 Å². The molecule has 0 radical (unpaired) electrons. The van der Waals surface area contributed by atoms with Crippen LogP contribution in [-0.4, -0.2) is 56.7 Å². The van der Waals surface area contributed by atoms with E-state index >= 15 is 0 Å². The van der Waals surface area contributed by atoms with Crippen LogP contribution >= 0.6 is 0 Å². The molecule has 0 spiro atoms. The highest BCUT2D eigenvalue weighted by Gasteiger charge is 2.19. The number of esters is 3. The molecule has 0 bridgehead atoms. The van der Waals surface area contributed by atoms with E-state index in [0.717, 1.165) is 37.8 Å². The number of ether oxygens (including phenoxy) is 3. The Kier molecular flexibility index (Phi) is 21.6. The Hall–Kier alpha value is -2.41. The van der Waals surface area contributed by atoms with Gasteiger partial charge < -0.3 is 19.1 Å². The molecule has 1 aromatic rings. The van der Waals surface area contributed by atoms with E-state index in [-0.39, 0.29) is 43.5 Å². The summed E-state index contributed by atoms with van der Waals surface area (Å²) in [6.07, 6.45) is 15.8. The molecule has 0 saturated heterocycles. The van der Waals surface area contributed by atoms with Gasteiger partial charge >= 0.3 is 17.9 Å². The fourth-order valence-electron chi connectivity index (χ4n) is 4.71. The van der Waals surface area contributed by atoms with Gasteiger partial charge in [0.1, 0.15) is 0 Å². The van der Waals surface area contributed by atoms with E-state index in [4.69, 9.17) is 14.2 Å². The highest BCUT2D eigenvalue weighted by Crippen LogP contribution is 2.20. The molecule has 41 heavy (non-hydrogen) atoms. The summed E-state index contributed by atoms with van der Waals surface area (Å²) in [4.78, 5) is 39.0. The summed E-state index contributed by atoms with van der Waals surface area (Å²) in [5.74, 6) is -0.732. The number of unbranched alkanes of at least 4 members (excludes halogenated alkanes) is 9. The van der Waals surface area contributed by atoms with Crippen LogP contribution in [0.5, 0.6) is 0 Å². The zero-order chi connectivity index (χ0) is 30.1.